The molecular weight excluding hydrogens is 532 g/mol. The van der Waals surface area contributed by atoms with Crippen molar-refractivity contribution in [3.63, 3.8) is 0 Å². The van der Waals surface area contributed by atoms with Crippen LogP contribution < -0.4 is 14.8 Å². The van der Waals surface area contributed by atoms with Gasteiger partial charge >= 0.3 is 0 Å². The molecule has 0 aliphatic heterocycles. The predicted octanol–water partition coefficient (Wildman–Crippen LogP) is 5.25. The number of halogens is 1. The maximum Gasteiger partial charge on any atom is 0.269 e. The lowest BCUT2D eigenvalue weighted by atomic mass is 10.2. The number of carbonyl (C=O) groups excluding carboxylic acids is 1. The number of fused-ring (bicyclic) bond motifs is 3. The summed E-state index contributed by atoms with van der Waals surface area (Å²) in [6.45, 7) is 0. The molecule has 5 rings (SSSR count). The summed E-state index contributed by atoms with van der Waals surface area (Å²) in [6.07, 6.45) is 0. The van der Waals surface area contributed by atoms with E-state index in [1.807, 2.05) is 0 Å². The van der Waals surface area contributed by atoms with Gasteiger partial charge in [-0.1, -0.05) is 29.4 Å². The topological polar surface area (TPSA) is 134 Å². The van der Waals surface area contributed by atoms with Gasteiger partial charge in [-0.2, -0.15) is 4.52 Å². The number of anilines is 1. The molecule has 0 radical (unpaired) electrons. The van der Waals surface area contributed by atoms with Gasteiger partial charge in [-0.05, 0) is 36.4 Å². The molecule has 3 aromatic carbocycles. The molecule has 2 aromatic heterocycles. The Kier molecular flexibility index (Phi) is 6.99. The van der Waals surface area contributed by atoms with E-state index in [1.165, 1.54) is 38.1 Å². The Morgan fingerprint density at radius 2 is 1.82 bits per heavy atom. The molecule has 0 bridgehead atoms. The third kappa shape index (κ3) is 5.04. The molecule has 0 spiro atoms. The monoisotopic (exact) mass is 550 g/mol. The van der Waals surface area contributed by atoms with Gasteiger partial charge in [0.1, 0.15) is 0 Å². The number of nitrogens with one attached hydrogen (secondary N) is 1. The minimum atomic E-state index is -0.471. The van der Waals surface area contributed by atoms with Crippen LogP contribution in [0.3, 0.4) is 0 Å². The minimum Gasteiger partial charge on any atom is -0.493 e. The van der Waals surface area contributed by atoms with Crippen molar-refractivity contribution < 1.29 is 19.2 Å². The number of benzene rings is 3. The Labute approximate surface area is 224 Å². The average Bonchev–Trinajstić information content (AvgIpc) is 3.37. The van der Waals surface area contributed by atoms with Crippen LogP contribution in [0.5, 0.6) is 11.5 Å². The molecule has 5 aromatic rings. The summed E-state index contributed by atoms with van der Waals surface area (Å²) in [5.41, 5.74) is 2.17. The molecule has 0 atom stereocenters. The summed E-state index contributed by atoms with van der Waals surface area (Å²) in [5, 5.41) is 20.0. The van der Waals surface area contributed by atoms with Crippen molar-refractivity contribution in [2.24, 2.45) is 0 Å². The van der Waals surface area contributed by atoms with Gasteiger partial charge in [0.15, 0.2) is 28.1 Å². The lowest BCUT2D eigenvalue weighted by molar-refractivity contribution is -0.384. The van der Waals surface area contributed by atoms with Crippen LogP contribution in [-0.2, 0) is 4.79 Å². The Morgan fingerprint density at radius 3 is 2.50 bits per heavy atom. The van der Waals surface area contributed by atoms with Gasteiger partial charge in [0.2, 0.25) is 5.91 Å². The van der Waals surface area contributed by atoms with Crippen LogP contribution in [0.25, 0.3) is 27.9 Å². The number of amides is 1. The van der Waals surface area contributed by atoms with Crippen molar-refractivity contribution in [3.05, 3.63) is 75.8 Å². The lowest BCUT2D eigenvalue weighted by Crippen LogP contribution is -2.14. The Hall–Kier alpha value is -4.42. The van der Waals surface area contributed by atoms with Crippen LogP contribution in [0.2, 0.25) is 5.02 Å². The third-order valence-electron chi connectivity index (χ3n) is 5.52. The first-order chi connectivity index (χ1) is 18.4. The first-order valence-electron chi connectivity index (χ1n) is 11.1. The Balaban J connectivity index is 1.56. The summed E-state index contributed by atoms with van der Waals surface area (Å²) in [6, 6.07) is 16.3. The van der Waals surface area contributed by atoms with Crippen molar-refractivity contribution >= 4 is 57.2 Å². The molecule has 1 N–H and O–H groups in total. The van der Waals surface area contributed by atoms with Crippen LogP contribution in [0.1, 0.15) is 0 Å². The fraction of sp³-hybridized carbons (Fsp3) is 0.120. The highest BCUT2D eigenvalue weighted by Gasteiger charge is 2.19. The quantitative estimate of drug-likeness (QED) is 0.119. The van der Waals surface area contributed by atoms with E-state index in [-0.39, 0.29) is 17.3 Å². The molecule has 11 nitrogen and oxygen atoms in total. The number of carbonyl (C=O) groups is 1. The van der Waals surface area contributed by atoms with Crippen molar-refractivity contribution in [2.75, 3.05) is 25.3 Å². The second-order valence-corrected chi connectivity index (χ2v) is 9.32. The van der Waals surface area contributed by atoms with Crippen LogP contribution in [-0.4, -0.2) is 50.4 Å². The normalized spacial score (nSPS) is 11.0. The molecule has 0 aliphatic carbocycles. The van der Waals surface area contributed by atoms with Crippen molar-refractivity contribution in [3.8, 4) is 22.9 Å². The fourth-order valence-corrected chi connectivity index (χ4v) is 4.69. The zero-order valence-electron chi connectivity index (χ0n) is 20.0. The molecule has 2 heterocycles. The number of hydrogen-bond acceptors (Lipinski definition) is 9. The van der Waals surface area contributed by atoms with E-state index in [0.29, 0.717) is 55.3 Å². The molecule has 0 saturated heterocycles. The van der Waals surface area contributed by atoms with E-state index in [4.69, 9.17) is 31.0 Å². The van der Waals surface area contributed by atoms with Crippen LogP contribution in [0, 0.1) is 10.1 Å². The molecule has 0 unspecified atom stereocenters. The van der Waals surface area contributed by atoms with Crippen LogP contribution in [0.15, 0.2) is 65.8 Å². The number of nitro groups is 1. The number of nitrogens with zero attached hydrogens (tertiary/aromatic N) is 5. The number of rotatable bonds is 8. The molecule has 0 fully saturated rings. The molecule has 0 saturated carbocycles. The van der Waals surface area contributed by atoms with Gasteiger partial charge < -0.3 is 14.8 Å². The van der Waals surface area contributed by atoms with Gasteiger partial charge in [0.05, 0.1) is 30.4 Å². The minimum absolute atomic E-state index is 0.0385. The first kappa shape index (κ1) is 25.2. The maximum absolute atomic E-state index is 12.7. The summed E-state index contributed by atoms with van der Waals surface area (Å²) in [4.78, 5) is 32.7. The summed E-state index contributed by atoms with van der Waals surface area (Å²) < 4.78 is 12.4. The summed E-state index contributed by atoms with van der Waals surface area (Å²) in [5.74, 6) is 1.11. The Bertz CT molecular complexity index is 1690. The maximum atomic E-state index is 12.7. The van der Waals surface area contributed by atoms with E-state index in [0.717, 1.165) is 0 Å². The zero-order valence-corrected chi connectivity index (χ0v) is 21.6. The van der Waals surface area contributed by atoms with Crippen LogP contribution in [0.4, 0.5) is 11.4 Å². The molecule has 1 amide bonds. The van der Waals surface area contributed by atoms with Crippen molar-refractivity contribution in [1.29, 1.82) is 0 Å². The third-order valence-corrected chi connectivity index (χ3v) is 6.69. The van der Waals surface area contributed by atoms with Gasteiger partial charge in [-0.15, -0.1) is 5.10 Å². The number of ether oxygens (including phenoxy) is 2. The van der Waals surface area contributed by atoms with Gasteiger partial charge in [0, 0.05) is 39.9 Å². The van der Waals surface area contributed by atoms with E-state index >= 15 is 0 Å². The summed E-state index contributed by atoms with van der Waals surface area (Å²) in [7, 11) is 3.06. The summed E-state index contributed by atoms with van der Waals surface area (Å²) >= 11 is 7.19. The largest absolute Gasteiger partial charge is 0.493 e. The predicted molar refractivity (Wildman–Crippen MR) is 144 cm³/mol. The van der Waals surface area contributed by atoms with E-state index in [9.17, 15) is 14.9 Å². The SMILES string of the molecule is COc1cc2nc(SCC(=O)Nc3cccc(Cl)c3)n3nc(-c4ccc([N+](=O)[O-])cc4)nc3c2cc1OC. The van der Waals surface area contributed by atoms with E-state index < -0.39 is 4.92 Å². The number of thioether (sulfide) groups is 1. The number of aromatic nitrogens is 4. The van der Waals surface area contributed by atoms with Gasteiger partial charge in [0.25, 0.3) is 5.69 Å². The first-order valence-corrected chi connectivity index (χ1v) is 12.5. The second kappa shape index (κ2) is 10.5. The lowest BCUT2D eigenvalue weighted by Gasteiger charge is -2.11. The number of hydrogen-bond donors (Lipinski definition) is 1. The standard InChI is InChI=1S/C25H19ClN6O5S/c1-36-20-11-18-19(12-21(20)37-2)28-25(38-13-22(33)27-16-5-3-4-15(26)10-16)31-24(18)29-23(30-31)14-6-8-17(9-7-14)32(34)35/h3-12H,13H2,1-2H3,(H,27,33). The van der Waals surface area contributed by atoms with E-state index in [2.05, 4.69) is 10.4 Å². The van der Waals surface area contributed by atoms with Gasteiger partial charge in [-0.3, -0.25) is 14.9 Å². The van der Waals surface area contributed by atoms with Crippen molar-refractivity contribution in [2.45, 2.75) is 5.16 Å². The molecule has 38 heavy (non-hydrogen) atoms. The zero-order chi connectivity index (χ0) is 26.8. The molecule has 13 heteroatoms. The smallest absolute Gasteiger partial charge is 0.269 e. The average molecular weight is 551 g/mol. The number of nitro benzene ring substituents is 1. The highest BCUT2D eigenvalue weighted by Crippen LogP contribution is 2.35. The highest BCUT2D eigenvalue weighted by atomic mass is 35.5. The molecule has 192 valence electrons. The molecular formula is C25H19ClN6O5S. The second-order valence-electron chi connectivity index (χ2n) is 7.94. The van der Waals surface area contributed by atoms with Gasteiger partial charge in [-0.25, -0.2) is 9.97 Å². The molecule has 0 aliphatic rings. The fourth-order valence-electron chi connectivity index (χ4n) is 3.75. The van der Waals surface area contributed by atoms with E-state index in [1.54, 1.807) is 53.0 Å². The van der Waals surface area contributed by atoms with Crippen molar-refractivity contribution in [1.82, 2.24) is 19.6 Å². The Morgan fingerprint density at radius 1 is 1.08 bits per heavy atom. The van der Waals surface area contributed by atoms with Crippen LogP contribution >= 0.6 is 23.4 Å². The number of non-ortho nitro benzene ring substituents is 1. The number of methoxy groups -OCH3 is 2. The highest BCUT2D eigenvalue weighted by molar-refractivity contribution is 7.99.